The maximum Gasteiger partial charge on any atom is 0.414 e. The van der Waals surface area contributed by atoms with E-state index in [-0.39, 0.29) is 0 Å². The van der Waals surface area contributed by atoms with E-state index in [1.807, 2.05) is 0 Å². The molecule has 0 saturated carbocycles. The van der Waals surface area contributed by atoms with Gasteiger partial charge in [-0.3, -0.25) is 0 Å². The molecular weight excluding hydrogens is 177 g/mol. The Bertz CT molecular complexity index is 166. The van der Waals surface area contributed by atoms with E-state index < -0.39 is 24.4 Å². The summed E-state index contributed by atoms with van der Waals surface area (Å²) in [7, 11) is 0. The van der Waals surface area contributed by atoms with Crippen LogP contribution in [-0.2, 0) is 9.53 Å². The van der Waals surface area contributed by atoms with Gasteiger partial charge in [-0.25, -0.2) is 4.79 Å². The predicted octanol–water partition coefficient (Wildman–Crippen LogP) is 1.43. The third-order valence-electron chi connectivity index (χ3n) is 1.22. The fraction of sp³-hybridized carbons (Fsp3) is 0.833. The van der Waals surface area contributed by atoms with Crippen molar-refractivity contribution in [2.24, 2.45) is 0 Å². The highest BCUT2D eigenvalue weighted by atomic mass is 19.4. The molecule has 12 heavy (non-hydrogen) atoms. The van der Waals surface area contributed by atoms with Crippen molar-refractivity contribution in [2.45, 2.75) is 32.2 Å². The zero-order valence-corrected chi connectivity index (χ0v) is 6.55. The van der Waals surface area contributed by atoms with Gasteiger partial charge in [0.25, 0.3) is 0 Å². The fourth-order valence-corrected chi connectivity index (χ4v) is 0.442. The summed E-state index contributed by atoms with van der Waals surface area (Å²) < 4.78 is 39.4. The second-order valence-electron chi connectivity index (χ2n) is 2.30. The Morgan fingerprint density at radius 1 is 1.42 bits per heavy atom. The third kappa shape index (κ3) is 3.56. The molecule has 0 fully saturated rings. The molecule has 0 amide bonds. The van der Waals surface area contributed by atoms with E-state index in [1.54, 1.807) is 0 Å². The Morgan fingerprint density at radius 2 is 1.83 bits per heavy atom. The highest BCUT2D eigenvalue weighted by Gasteiger charge is 2.38. The summed E-state index contributed by atoms with van der Waals surface area (Å²) >= 11 is 0. The van der Waals surface area contributed by atoms with Crippen molar-refractivity contribution in [3.8, 4) is 0 Å². The second-order valence-corrected chi connectivity index (χ2v) is 2.30. The Balaban J connectivity index is 4.01. The standard InChI is InChI=1S/C6H9F3O3/c1-3(5(10)11)12-4(2)6(7,8)9/h3-4H,1-2H3,(H,10,11)/t3?,4-/m0/s1. The van der Waals surface area contributed by atoms with Gasteiger partial charge in [-0.05, 0) is 13.8 Å². The first-order chi connectivity index (χ1) is 5.25. The summed E-state index contributed by atoms with van der Waals surface area (Å²) in [5.74, 6) is -1.41. The maximum absolute atomic E-state index is 11.8. The van der Waals surface area contributed by atoms with E-state index in [0.29, 0.717) is 0 Å². The van der Waals surface area contributed by atoms with Gasteiger partial charge in [0, 0.05) is 0 Å². The Morgan fingerprint density at radius 3 is 2.08 bits per heavy atom. The van der Waals surface area contributed by atoms with Crippen molar-refractivity contribution in [3.63, 3.8) is 0 Å². The van der Waals surface area contributed by atoms with Crippen molar-refractivity contribution >= 4 is 5.97 Å². The van der Waals surface area contributed by atoms with Gasteiger partial charge in [-0.15, -0.1) is 0 Å². The van der Waals surface area contributed by atoms with Crippen molar-refractivity contribution < 1.29 is 27.8 Å². The summed E-state index contributed by atoms with van der Waals surface area (Å²) in [4.78, 5) is 10.1. The Labute approximate surface area is 67.1 Å². The molecule has 0 radical (unpaired) electrons. The van der Waals surface area contributed by atoms with E-state index in [4.69, 9.17) is 5.11 Å². The molecule has 0 spiro atoms. The molecule has 0 aliphatic rings. The first-order valence-electron chi connectivity index (χ1n) is 3.20. The molecule has 0 rings (SSSR count). The lowest BCUT2D eigenvalue weighted by Gasteiger charge is -2.18. The molecule has 6 heteroatoms. The predicted molar refractivity (Wildman–Crippen MR) is 33.7 cm³/mol. The zero-order valence-electron chi connectivity index (χ0n) is 6.55. The van der Waals surface area contributed by atoms with Crippen LogP contribution in [-0.4, -0.2) is 29.5 Å². The van der Waals surface area contributed by atoms with E-state index in [0.717, 1.165) is 13.8 Å². The normalized spacial score (nSPS) is 17.1. The number of carbonyl (C=O) groups is 1. The number of aliphatic carboxylic acids is 1. The van der Waals surface area contributed by atoms with Gasteiger partial charge in [0.05, 0.1) is 0 Å². The molecule has 3 nitrogen and oxygen atoms in total. The van der Waals surface area contributed by atoms with E-state index in [9.17, 15) is 18.0 Å². The highest BCUT2D eigenvalue weighted by Crippen LogP contribution is 2.23. The monoisotopic (exact) mass is 186 g/mol. The topological polar surface area (TPSA) is 46.5 Å². The molecule has 1 unspecified atom stereocenters. The number of ether oxygens (including phenoxy) is 1. The van der Waals surface area contributed by atoms with Crippen LogP contribution in [0, 0.1) is 0 Å². The zero-order chi connectivity index (χ0) is 9.94. The smallest absolute Gasteiger partial charge is 0.414 e. The van der Waals surface area contributed by atoms with Crippen molar-refractivity contribution in [3.05, 3.63) is 0 Å². The molecule has 0 aromatic carbocycles. The minimum atomic E-state index is -4.51. The molecule has 2 atom stereocenters. The number of hydrogen-bond donors (Lipinski definition) is 1. The SMILES string of the molecule is CC(O[C@@H](C)C(F)(F)F)C(=O)O. The number of carboxylic acid groups (broad SMARTS) is 1. The van der Waals surface area contributed by atoms with Crippen LogP contribution >= 0.6 is 0 Å². The summed E-state index contributed by atoms with van der Waals surface area (Å²) in [6.07, 6.45) is -8.01. The number of rotatable bonds is 3. The highest BCUT2D eigenvalue weighted by molar-refractivity contribution is 5.71. The van der Waals surface area contributed by atoms with Crippen molar-refractivity contribution in [2.75, 3.05) is 0 Å². The van der Waals surface area contributed by atoms with Gasteiger partial charge in [-0.2, -0.15) is 13.2 Å². The summed E-state index contributed by atoms with van der Waals surface area (Å²) in [5, 5.41) is 8.20. The molecule has 0 aliphatic carbocycles. The lowest BCUT2D eigenvalue weighted by molar-refractivity contribution is -0.226. The minimum absolute atomic E-state index is 0.763. The van der Waals surface area contributed by atoms with Crippen LogP contribution in [0.5, 0.6) is 0 Å². The fourth-order valence-electron chi connectivity index (χ4n) is 0.442. The van der Waals surface area contributed by atoms with Crippen molar-refractivity contribution in [1.29, 1.82) is 0 Å². The summed E-state index contributed by atoms with van der Waals surface area (Å²) in [6.45, 7) is 1.81. The van der Waals surface area contributed by atoms with Crippen LogP contribution in [0.15, 0.2) is 0 Å². The average molecular weight is 186 g/mol. The van der Waals surface area contributed by atoms with Gasteiger partial charge in [-0.1, -0.05) is 0 Å². The summed E-state index contributed by atoms with van der Waals surface area (Å²) in [6, 6.07) is 0. The van der Waals surface area contributed by atoms with Gasteiger partial charge in [0.15, 0.2) is 12.2 Å². The Hall–Kier alpha value is -0.780. The van der Waals surface area contributed by atoms with Gasteiger partial charge in [0.2, 0.25) is 0 Å². The average Bonchev–Trinajstić information content (AvgIpc) is 1.85. The molecule has 72 valence electrons. The minimum Gasteiger partial charge on any atom is -0.479 e. The number of alkyl halides is 3. The first-order valence-corrected chi connectivity index (χ1v) is 3.20. The molecular formula is C6H9F3O3. The molecule has 0 bridgehead atoms. The molecule has 0 heterocycles. The largest absolute Gasteiger partial charge is 0.479 e. The van der Waals surface area contributed by atoms with Crippen molar-refractivity contribution in [1.82, 2.24) is 0 Å². The molecule has 1 N–H and O–H groups in total. The summed E-state index contributed by atoms with van der Waals surface area (Å²) in [5.41, 5.74) is 0. The van der Waals surface area contributed by atoms with E-state index >= 15 is 0 Å². The van der Waals surface area contributed by atoms with E-state index in [1.165, 1.54) is 0 Å². The quantitative estimate of drug-likeness (QED) is 0.725. The molecule has 0 aliphatic heterocycles. The Kier molecular flexibility index (Phi) is 3.51. The molecule has 0 aromatic heterocycles. The first kappa shape index (κ1) is 11.2. The van der Waals surface area contributed by atoms with Crippen LogP contribution in [0.25, 0.3) is 0 Å². The second kappa shape index (κ2) is 3.75. The van der Waals surface area contributed by atoms with Crippen LogP contribution in [0.2, 0.25) is 0 Å². The van der Waals surface area contributed by atoms with Gasteiger partial charge < -0.3 is 9.84 Å². The van der Waals surface area contributed by atoms with Crippen LogP contribution in [0.4, 0.5) is 13.2 Å². The van der Waals surface area contributed by atoms with Crippen LogP contribution in [0.1, 0.15) is 13.8 Å². The van der Waals surface area contributed by atoms with Crippen LogP contribution < -0.4 is 0 Å². The number of carboxylic acids is 1. The van der Waals surface area contributed by atoms with Gasteiger partial charge in [0.1, 0.15) is 0 Å². The van der Waals surface area contributed by atoms with Crippen LogP contribution in [0.3, 0.4) is 0 Å². The molecule has 0 saturated heterocycles. The van der Waals surface area contributed by atoms with Gasteiger partial charge >= 0.3 is 12.1 Å². The lowest BCUT2D eigenvalue weighted by atomic mass is 10.3. The van der Waals surface area contributed by atoms with E-state index in [2.05, 4.69) is 4.74 Å². The maximum atomic E-state index is 11.8. The molecule has 0 aromatic rings. The number of hydrogen-bond acceptors (Lipinski definition) is 2. The third-order valence-corrected chi connectivity index (χ3v) is 1.22. The number of halogens is 3. The lowest BCUT2D eigenvalue weighted by Crippen LogP contribution is -2.34.